The molecule has 1 aliphatic rings. The van der Waals surface area contributed by atoms with Gasteiger partial charge in [-0.25, -0.2) is 4.99 Å². The maximum absolute atomic E-state index is 11.2. The highest BCUT2D eigenvalue weighted by Gasteiger charge is 2.30. The van der Waals surface area contributed by atoms with Crippen LogP contribution in [0.1, 0.15) is 22.7 Å². The summed E-state index contributed by atoms with van der Waals surface area (Å²) in [4.78, 5) is 17.2. The average molecular weight is 431 g/mol. The van der Waals surface area contributed by atoms with E-state index < -0.39 is 6.04 Å². The van der Waals surface area contributed by atoms with E-state index in [1.807, 2.05) is 61.5 Å². The molecular weight excluding hydrogens is 406 g/mol. The molecule has 0 aliphatic carbocycles. The molecule has 1 unspecified atom stereocenters. The van der Waals surface area contributed by atoms with Crippen LogP contribution in [0.3, 0.4) is 0 Å². The first-order valence-corrected chi connectivity index (χ1v) is 10.1. The van der Waals surface area contributed by atoms with Crippen molar-refractivity contribution >= 4 is 12.4 Å². The molecule has 0 saturated carbocycles. The normalized spacial score (nSPS) is 14.6. The van der Waals surface area contributed by atoms with Gasteiger partial charge in [-0.2, -0.15) is 0 Å². The molecule has 1 aliphatic heterocycles. The second-order valence-electron chi connectivity index (χ2n) is 7.50. The van der Waals surface area contributed by atoms with E-state index in [0.717, 1.165) is 39.3 Å². The number of nitrogens with zero attached hydrogens (tertiary/aromatic N) is 2. The van der Waals surface area contributed by atoms with Gasteiger partial charge in [0.15, 0.2) is 5.96 Å². The van der Waals surface area contributed by atoms with Gasteiger partial charge in [0.05, 0.1) is 14.2 Å². The van der Waals surface area contributed by atoms with Gasteiger partial charge in [-0.1, -0.05) is 18.2 Å². The molecule has 7 nitrogen and oxygen atoms in total. The Labute approximate surface area is 187 Å². The number of aliphatic imine (C=N–C) groups is 1. The lowest BCUT2D eigenvalue weighted by Gasteiger charge is -2.29. The number of carbonyl (C=O) groups is 1. The lowest BCUT2D eigenvalue weighted by Crippen LogP contribution is -2.33. The summed E-state index contributed by atoms with van der Waals surface area (Å²) in [6.07, 6.45) is 0.631. The van der Waals surface area contributed by atoms with E-state index in [0.29, 0.717) is 17.9 Å². The first kappa shape index (κ1) is 21.2. The van der Waals surface area contributed by atoms with Crippen molar-refractivity contribution in [3.8, 4) is 34.1 Å². The van der Waals surface area contributed by atoms with Gasteiger partial charge in [0.2, 0.25) is 6.41 Å². The Hall–Kier alpha value is -4.00. The standard InChI is InChI=1S/C25H25N3O4/c1-15-21(31-4)11-9-19-23(27-25(26)28(2)14-29)20-13-17(8-10-22(20)32-24(15)19)16-6-5-7-18(12-16)30-3/h5-14,23H,1-4H3,(H2,26,27). The zero-order chi connectivity index (χ0) is 22.8. The first-order chi connectivity index (χ1) is 15.5. The molecule has 1 atom stereocenters. The fourth-order valence-corrected chi connectivity index (χ4v) is 3.80. The number of hydrogen-bond donors (Lipinski definition) is 1. The van der Waals surface area contributed by atoms with Gasteiger partial charge in [0.25, 0.3) is 0 Å². The number of benzene rings is 3. The lowest BCUT2D eigenvalue weighted by molar-refractivity contribution is -0.114. The summed E-state index contributed by atoms with van der Waals surface area (Å²) in [7, 11) is 4.84. The Morgan fingerprint density at radius 1 is 1.06 bits per heavy atom. The van der Waals surface area contributed by atoms with Crippen LogP contribution in [0.2, 0.25) is 0 Å². The van der Waals surface area contributed by atoms with E-state index in [4.69, 9.17) is 24.9 Å². The number of amides is 1. The minimum absolute atomic E-state index is 0.115. The zero-order valence-electron chi connectivity index (χ0n) is 18.5. The molecule has 0 fully saturated rings. The second kappa shape index (κ2) is 8.63. The van der Waals surface area contributed by atoms with Crippen molar-refractivity contribution in [3.63, 3.8) is 0 Å². The number of carbonyl (C=O) groups excluding carboxylic acids is 1. The maximum Gasteiger partial charge on any atom is 0.216 e. The number of guanidine groups is 1. The summed E-state index contributed by atoms with van der Waals surface area (Å²) in [5, 5.41) is 0. The van der Waals surface area contributed by atoms with Crippen molar-refractivity contribution < 1.29 is 19.0 Å². The number of rotatable bonds is 5. The van der Waals surface area contributed by atoms with Crippen molar-refractivity contribution in [1.82, 2.24) is 4.90 Å². The van der Waals surface area contributed by atoms with E-state index in [1.165, 1.54) is 4.90 Å². The number of nitrogens with two attached hydrogens (primary N) is 1. The quantitative estimate of drug-likeness (QED) is 0.370. The second-order valence-corrected chi connectivity index (χ2v) is 7.50. The molecular formula is C25H25N3O4. The summed E-state index contributed by atoms with van der Waals surface area (Å²) in [5.41, 5.74) is 10.7. The third kappa shape index (κ3) is 3.73. The highest BCUT2D eigenvalue weighted by molar-refractivity contribution is 5.87. The van der Waals surface area contributed by atoms with Crippen LogP contribution in [0.15, 0.2) is 59.6 Å². The molecule has 3 aromatic rings. The van der Waals surface area contributed by atoms with E-state index in [-0.39, 0.29) is 5.96 Å². The van der Waals surface area contributed by atoms with Crippen LogP contribution in [0, 0.1) is 6.92 Å². The zero-order valence-corrected chi connectivity index (χ0v) is 18.5. The summed E-state index contributed by atoms with van der Waals surface area (Å²) in [6.45, 7) is 1.94. The monoisotopic (exact) mass is 431 g/mol. The van der Waals surface area contributed by atoms with Gasteiger partial charge < -0.3 is 19.9 Å². The highest BCUT2D eigenvalue weighted by atomic mass is 16.5. The highest BCUT2D eigenvalue weighted by Crippen LogP contribution is 2.49. The molecule has 0 aromatic heterocycles. The van der Waals surface area contributed by atoms with E-state index in [9.17, 15) is 4.79 Å². The molecule has 0 saturated heterocycles. The van der Waals surface area contributed by atoms with Gasteiger partial charge in [-0.3, -0.25) is 9.69 Å². The Morgan fingerprint density at radius 3 is 2.56 bits per heavy atom. The van der Waals surface area contributed by atoms with Crippen molar-refractivity contribution in [3.05, 3.63) is 71.3 Å². The number of fused-ring (bicyclic) bond motifs is 2. The molecule has 2 N–H and O–H groups in total. The topological polar surface area (TPSA) is 86.4 Å². The first-order valence-electron chi connectivity index (χ1n) is 10.1. The smallest absolute Gasteiger partial charge is 0.216 e. The Balaban J connectivity index is 1.89. The SMILES string of the molecule is COc1cccc(-c2ccc3c(c2)C(/N=C(/N)N(C)C=O)c2ccc(OC)c(C)c2O3)c1. The molecule has 0 spiro atoms. The summed E-state index contributed by atoms with van der Waals surface area (Å²) >= 11 is 0. The minimum atomic E-state index is -0.452. The Bertz CT molecular complexity index is 1210. The van der Waals surface area contributed by atoms with E-state index >= 15 is 0 Å². The van der Waals surface area contributed by atoms with E-state index in [2.05, 4.69) is 0 Å². The van der Waals surface area contributed by atoms with Crippen molar-refractivity contribution in [2.24, 2.45) is 10.7 Å². The van der Waals surface area contributed by atoms with Crippen LogP contribution in [0.5, 0.6) is 23.0 Å². The number of hydrogen-bond acceptors (Lipinski definition) is 5. The van der Waals surface area contributed by atoms with Crippen LogP contribution < -0.4 is 19.9 Å². The molecule has 1 heterocycles. The molecule has 0 radical (unpaired) electrons. The van der Waals surface area contributed by atoms with Gasteiger partial charge in [0, 0.05) is 23.7 Å². The predicted octanol–water partition coefficient (Wildman–Crippen LogP) is 4.28. The molecule has 3 aromatic carbocycles. The third-order valence-corrected chi connectivity index (χ3v) is 5.60. The summed E-state index contributed by atoms with van der Waals surface area (Å²) in [6, 6.07) is 17.2. The molecule has 164 valence electrons. The minimum Gasteiger partial charge on any atom is -0.497 e. The van der Waals surface area contributed by atoms with Crippen LogP contribution >= 0.6 is 0 Å². The summed E-state index contributed by atoms with van der Waals surface area (Å²) in [5.74, 6) is 2.97. The third-order valence-electron chi connectivity index (χ3n) is 5.60. The van der Waals surface area contributed by atoms with Gasteiger partial charge >= 0.3 is 0 Å². The van der Waals surface area contributed by atoms with E-state index in [1.54, 1.807) is 21.3 Å². The lowest BCUT2D eigenvalue weighted by atomic mass is 9.90. The van der Waals surface area contributed by atoms with Crippen LogP contribution in [-0.4, -0.2) is 38.5 Å². The number of ether oxygens (including phenoxy) is 3. The molecule has 4 rings (SSSR count). The van der Waals surface area contributed by atoms with Gasteiger partial charge in [0.1, 0.15) is 29.0 Å². The Kier molecular flexibility index (Phi) is 5.73. The van der Waals surface area contributed by atoms with Crippen LogP contribution in [-0.2, 0) is 4.79 Å². The van der Waals surface area contributed by atoms with Crippen LogP contribution in [0.25, 0.3) is 11.1 Å². The molecule has 32 heavy (non-hydrogen) atoms. The molecule has 7 heteroatoms. The Morgan fingerprint density at radius 2 is 1.84 bits per heavy atom. The maximum atomic E-state index is 11.2. The largest absolute Gasteiger partial charge is 0.497 e. The van der Waals surface area contributed by atoms with Crippen molar-refractivity contribution in [2.75, 3.05) is 21.3 Å². The summed E-state index contributed by atoms with van der Waals surface area (Å²) < 4.78 is 17.1. The number of methoxy groups -OCH3 is 2. The average Bonchev–Trinajstić information content (AvgIpc) is 2.83. The predicted molar refractivity (Wildman–Crippen MR) is 124 cm³/mol. The van der Waals surface area contributed by atoms with Gasteiger partial charge in [-0.05, 0) is 54.4 Å². The van der Waals surface area contributed by atoms with Gasteiger partial charge in [-0.15, -0.1) is 0 Å². The molecule has 0 bridgehead atoms. The fourth-order valence-electron chi connectivity index (χ4n) is 3.80. The van der Waals surface area contributed by atoms with Crippen molar-refractivity contribution in [1.29, 1.82) is 0 Å². The fraction of sp³-hybridized carbons (Fsp3) is 0.200. The molecule has 1 amide bonds. The van der Waals surface area contributed by atoms with Crippen LogP contribution in [0.4, 0.5) is 0 Å². The van der Waals surface area contributed by atoms with Crippen molar-refractivity contribution in [2.45, 2.75) is 13.0 Å².